The number of carbonyl (C=O) groups is 2. The largest absolute Gasteiger partial charge is 0.350 e. The highest BCUT2D eigenvalue weighted by molar-refractivity contribution is 5.88. The van der Waals surface area contributed by atoms with Crippen LogP contribution in [0.4, 0.5) is 0 Å². The first-order valence-electron chi connectivity index (χ1n) is 8.37. The van der Waals surface area contributed by atoms with Gasteiger partial charge in [-0.15, -0.1) is 0 Å². The van der Waals surface area contributed by atoms with E-state index >= 15 is 0 Å². The minimum atomic E-state index is -0.338. The Morgan fingerprint density at radius 3 is 2.70 bits per heavy atom. The zero-order chi connectivity index (χ0) is 17.0. The number of nitrogens with zero attached hydrogens (tertiary/aromatic N) is 3. The van der Waals surface area contributed by atoms with Crippen molar-refractivity contribution in [3.05, 3.63) is 18.0 Å². The lowest BCUT2D eigenvalue weighted by molar-refractivity contribution is -0.143. The number of amides is 2. The Hall–Kier alpha value is -1.85. The van der Waals surface area contributed by atoms with Gasteiger partial charge in [-0.25, -0.2) is 0 Å². The summed E-state index contributed by atoms with van der Waals surface area (Å²) in [5.74, 6) is -0.00704. The first-order valence-corrected chi connectivity index (χ1v) is 8.37. The highest BCUT2D eigenvalue weighted by Crippen LogP contribution is 2.19. The molecule has 1 atom stereocenters. The summed E-state index contributed by atoms with van der Waals surface area (Å²) in [6, 6.07) is -0.338. The van der Waals surface area contributed by atoms with Crippen LogP contribution < -0.4 is 5.32 Å². The number of rotatable bonds is 4. The number of carbonyl (C=O) groups excluding carboxylic acids is 2. The standard InChI is InChI=1S/C17H28N4O2/c1-13-11-18-20(12-13)10-8-15(22)21-9-6-5-7-14(21)16(23)19-17(2,3)4/h11-12,14H,5-10H2,1-4H3,(H,19,23)/t14-/m0/s1. The second-order valence-corrected chi connectivity index (χ2v) is 7.37. The van der Waals surface area contributed by atoms with E-state index in [2.05, 4.69) is 10.4 Å². The zero-order valence-electron chi connectivity index (χ0n) is 14.6. The van der Waals surface area contributed by atoms with Crippen molar-refractivity contribution in [3.63, 3.8) is 0 Å². The lowest BCUT2D eigenvalue weighted by atomic mass is 9.99. The summed E-state index contributed by atoms with van der Waals surface area (Å²) in [6.07, 6.45) is 6.78. The van der Waals surface area contributed by atoms with E-state index in [1.165, 1.54) is 0 Å². The number of aromatic nitrogens is 2. The third kappa shape index (κ3) is 5.08. The first kappa shape index (κ1) is 17.5. The smallest absolute Gasteiger partial charge is 0.243 e. The normalized spacial score (nSPS) is 18.8. The van der Waals surface area contributed by atoms with Gasteiger partial charge in [-0.3, -0.25) is 14.3 Å². The molecule has 1 N–H and O–H groups in total. The number of hydrogen-bond acceptors (Lipinski definition) is 3. The van der Waals surface area contributed by atoms with Crippen LogP contribution in [0.15, 0.2) is 12.4 Å². The van der Waals surface area contributed by atoms with Gasteiger partial charge in [0.15, 0.2) is 0 Å². The zero-order valence-corrected chi connectivity index (χ0v) is 14.6. The maximum atomic E-state index is 12.6. The van der Waals surface area contributed by atoms with E-state index in [1.54, 1.807) is 15.8 Å². The molecule has 1 aromatic heterocycles. The summed E-state index contributed by atoms with van der Waals surface area (Å²) in [7, 11) is 0. The molecule has 6 nitrogen and oxygen atoms in total. The van der Waals surface area contributed by atoms with Gasteiger partial charge in [0, 0.05) is 31.2 Å². The average molecular weight is 320 g/mol. The van der Waals surface area contributed by atoms with Gasteiger partial charge < -0.3 is 10.2 Å². The molecular weight excluding hydrogens is 292 g/mol. The van der Waals surface area contributed by atoms with Crippen molar-refractivity contribution in [1.82, 2.24) is 20.0 Å². The topological polar surface area (TPSA) is 67.2 Å². The van der Waals surface area contributed by atoms with Crippen LogP contribution in [0.2, 0.25) is 0 Å². The molecular formula is C17H28N4O2. The minimum Gasteiger partial charge on any atom is -0.350 e. The molecule has 2 rings (SSSR count). The molecule has 0 aromatic carbocycles. The summed E-state index contributed by atoms with van der Waals surface area (Å²) in [5.41, 5.74) is 0.799. The number of aryl methyl sites for hydroxylation is 2. The fourth-order valence-corrected chi connectivity index (χ4v) is 2.90. The van der Waals surface area contributed by atoms with Crippen molar-refractivity contribution in [3.8, 4) is 0 Å². The molecule has 1 aliphatic heterocycles. The fraction of sp³-hybridized carbons (Fsp3) is 0.706. The summed E-state index contributed by atoms with van der Waals surface area (Å²) in [5, 5.41) is 7.20. The molecule has 6 heteroatoms. The monoisotopic (exact) mass is 320 g/mol. The lowest BCUT2D eigenvalue weighted by Gasteiger charge is -2.36. The molecule has 0 bridgehead atoms. The summed E-state index contributed by atoms with van der Waals surface area (Å²) in [6.45, 7) is 9.07. The van der Waals surface area contributed by atoms with Crippen LogP contribution in [0.5, 0.6) is 0 Å². The molecule has 1 aliphatic rings. The highest BCUT2D eigenvalue weighted by Gasteiger charge is 2.33. The van der Waals surface area contributed by atoms with Gasteiger partial charge in [-0.05, 0) is 52.5 Å². The maximum Gasteiger partial charge on any atom is 0.243 e. The Morgan fingerprint density at radius 2 is 2.09 bits per heavy atom. The van der Waals surface area contributed by atoms with E-state index in [-0.39, 0.29) is 23.4 Å². The van der Waals surface area contributed by atoms with Crippen LogP contribution in [0.1, 0.15) is 52.0 Å². The van der Waals surface area contributed by atoms with Gasteiger partial charge in [-0.1, -0.05) is 0 Å². The quantitative estimate of drug-likeness (QED) is 0.921. The average Bonchev–Trinajstić information content (AvgIpc) is 2.88. The highest BCUT2D eigenvalue weighted by atomic mass is 16.2. The van der Waals surface area contributed by atoms with Gasteiger partial charge in [0.05, 0.1) is 6.20 Å². The van der Waals surface area contributed by atoms with Crippen LogP contribution in [-0.4, -0.2) is 44.6 Å². The molecule has 2 amide bonds. The molecule has 23 heavy (non-hydrogen) atoms. The van der Waals surface area contributed by atoms with Crippen LogP contribution in [-0.2, 0) is 16.1 Å². The summed E-state index contributed by atoms with van der Waals surface area (Å²) in [4.78, 5) is 26.8. The van der Waals surface area contributed by atoms with Crippen molar-refractivity contribution in [2.75, 3.05) is 6.54 Å². The van der Waals surface area contributed by atoms with Crippen molar-refractivity contribution in [2.24, 2.45) is 0 Å². The van der Waals surface area contributed by atoms with Crippen LogP contribution in [0.3, 0.4) is 0 Å². The molecule has 0 unspecified atom stereocenters. The summed E-state index contributed by atoms with van der Waals surface area (Å²) < 4.78 is 1.78. The third-order valence-electron chi connectivity index (χ3n) is 3.94. The van der Waals surface area contributed by atoms with Gasteiger partial charge >= 0.3 is 0 Å². The fourth-order valence-electron chi connectivity index (χ4n) is 2.90. The second kappa shape index (κ2) is 7.15. The van der Waals surface area contributed by atoms with Gasteiger partial charge in [0.2, 0.25) is 11.8 Å². The van der Waals surface area contributed by atoms with E-state index < -0.39 is 0 Å². The molecule has 1 saturated heterocycles. The van der Waals surface area contributed by atoms with Crippen LogP contribution in [0, 0.1) is 6.92 Å². The number of hydrogen-bond donors (Lipinski definition) is 1. The van der Waals surface area contributed by atoms with Crippen molar-refractivity contribution in [1.29, 1.82) is 0 Å². The number of likely N-dealkylation sites (tertiary alicyclic amines) is 1. The van der Waals surface area contributed by atoms with E-state index in [4.69, 9.17) is 0 Å². The molecule has 0 saturated carbocycles. The van der Waals surface area contributed by atoms with Crippen molar-refractivity contribution < 1.29 is 9.59 Å². The van der Waals surface area contributed by atoms with Gasteiger partial charge in [0.1, 0.15) is 6.04 Å². The SMILES string of the molecule is Cc1cnn(CCC(=O)N2CCCC[C@H]2C(=O)NC(C)(C)C)c1. The lowest BCUT2D eigenvalue weighted by Crippen LogP contribution is -2.55. The van der Waals surface area contributed by atoms with Crippen molar-refractivity contribution >= 4 is 11.8 Å². The Balaban J connectivity index is 1.96. The molecule has 1 fully saturated rings. The minimum absolute atomic E-state index is 0.0342. The number of nitrogens with one attached hydrogen (secondary N) is 1. The van der Waals surface area contributed by atoms with Crippen LogP contribution >= 0.6 is 0 Å². The number of piperidine rings is 1. The van der Waals surface area contributed by atoms with E-state index in [0.717, 1.165) is 24.8 Å². The first-order chi connectivity index (χ1) is 10.8. The van der Waals surface area contributed by atoms with Crippen molar-refractivity contribution in [2.45, 2.75) is 71.5 Å². The Kier molecular flexibility index (Phi) is 5.44. The molecule has 2 heterocycles. The van der Waals surface area contributed by atoms with E-state index in [9.17, 15) is 9.59 Å². The molecule has 0 spiro atoms. The molecule has 128 valence electrons. The van der Waals surface area contributed by atoms with E-state index in [1.807, 2.05) is 33.9 Å². The molecule has 0 aliphatic carbocycles. The predicted molar refractivity (Wildman–Crippen MR) is 88.8 cm³/mol. The van der Waals surface area contributed by atoms with Crippen LogP contribution in [0.25, 0.3) is 0 Å². The third-order valence-corrected chi connectivity index (χ3v) is 3.94. The Bertz CT molecular complexity index is 559. The maximum absolute atomic E-state index is 12.6. The predicted octanol–water partition coefficient (Wildman–Crippen LogP) is 1.88. The second-order valence-electron chi connectivity index (χ2n) is 7.37. The molecule has 1 aromatic rings. The summed E-state index contributed by atoms with van der Waals surface area (Å²) >= 11 is 0. The van der Waals surface area contributed by atoms with E-state index in [0.29, 0.717) is 19.5 Å². The molecule has 0 radical (unpaired) electrons. The van der Waals surface area contributed by atoms with Gasteiger partial charge in [0.25, 0.3) is 0 Å². The van der Waals surface area contributed by atoms with Gasteiger partial charge in [-0.2, -0.15) is 5.10 Å². The Morgan fingerprint density at radius 1 is 1.35 bits per heavy atom. The Labute approximate surface area is 138 Å².